The van der Waals surface area contributed by atoms with Gasteiger partial charge in [-0.05, 0) is 83.9 Å². The second-order valence-corrected chi connectivity index (χ2v) is 15.2. The first-order valence-electron chi connectivity index (χ1n) is 13.5. The highest BCUT2D eigenvalue weighted by Gasteiger charge is 2.64. The maximum atomic E-state index is 7.74. The van der Waals surface area contributed by atoms with Gasteiger partial charge in [0, 0.05) is 2.74 Å². The zero-order valence-corrected chi connectivity index (χ0v) is 18.4. The topological polar surface area (TPSA) is 0 Å². The van der Waals surface area contributed by atoms with Crippen molar-refractivity contribution in [3.8, 4) is 0 Å². The van der Waals surface area contributed by atoms with Crippen molar-refractivity contribution in [2.75, 3.05) is 0 Å². The Kier molecular flexibility index (Phi) is 3.52. The minimum Gasteiger partial charge on any atom is -0.0967 e. The Labute approximate surface area is 174 Å². The predicted molar refractivity (Wildman–Crippen MR) is 116 cm³/mol. The van der Waals surface area contributed by atoms with Crippen molar-refractivity contribution in [1.82, 2.24) is 0 Å². The summed E-state index contributed by atoms with van der Waals surface area (Å²) in [6, 6.07) is 0. The molecule has 4 saturated carbocycles. The van der Waals surface area contributed by atoms with E-state index >= 15 is 0 Å². The van der Waals surface area contributed by atoms with Crippen molar-refractivity contribution in [3.05, 3.63) is 24.3 Å². The molecule has 1 aliphatic heterocycles. The summed E-state index contributed by atoms with van der Waals surface area (Å²) in [5.74, 6) is 7.64. The lowest BCUT2D eigenvalue weighted by atomic mass is 9.50. The highest BCUT2D eigenvalue weighted by molar-refractivity contribution is 6.59. The molecule has 10 atom stereocenters. The van der Waals surface area contributed by atoms with Crippen LogP contribution in [0.1, 0.15) is 62.0 Å². The molecule has 7 rings (SSSR count). The summed E-state index contributed by atoms with van der Waals surface area (Å²) in [5, 5.41) is 4.98. The minimum absolute atomic E-state index is 0.247. The lowest BCUT2D eigenvalue weighted by Crippen LogP contribution is -2.48. The summed E-state index contributed by atoms with van der Waals surface area (Å²) in [5.41, 5.74) is 1.15. The maximum absolute atomic E-state index is 7.74. The molecule has 0 aromatic heterocycles. The van der Waals surface area contributed by atoms with Crippen LogP contribution in [0.5, 0.6) is 0 Å². The molecule has 0 aromatic carbocycles. The third-order valence-corrected chi connectivity index (χ3v) is 14.4. The van der Waals surface area contributed by atoms with Crippen molar-refractivity contribution < 1.29 is 2.74 Å². The van der Waals surface area contributed by atoms with Gasteiger partial charge in [-0.1, -0.05) is 73.7 Å². The quantitative estimate of drug-likeness (QED) is 0.358. The highest BCUT2D eigenvalue weighted by Crippen LogP contribution is 2.71. The van der Waals surface area contributed by atoms with Gasteiger partial charge in [-0.15, -0.1) is 0 Å². The summed E-state index contributed by atoms with van der Waals surface area (Å²) in [7, 11) is 0. The molecular weight excluding hydrogens is 339 g/mol. The molecule has 6 aliphatic carbocycles. The Morgan fingerprint density at radius 1 is 0.963 bits per heavy atom. The van der Waals surface area contributed by atoms with Gasteiger partial charge >= 0.3 is 0 Å². The van der Waals surface area contributed by atoms with Gasteiger partial charge in [-0.25, -0.2) is 0 Å². The molecule has 27 heavy (non-hydrogen) atoms. The molecule has 0 nitrogen and oxygen atoms in total. The Morgan fingerprint density at radius 2 is 1.67 bits per heavy atom. The Bertz CT molecular complexity index is 717. The largest absolute Gasteiger partial charge is 0.262 e. The predicted octanol–water partition coefficient (Wildman–Crippen LogP) is 6.98. The van der Waals surface area contributed by atoms with Crippen LogP contribution in [0.15, 0.2) is 24.3 Å². The van der Waals surface area contributed by atoms with E-state index in [4.69, 9.17) is 2.74 Å². The zero-order chi connectivity index (χ0) is 19.8. The number of hydrogen-bond acceptors (Lipinski definition) is 0. The summed E-state index contributed by atoms with van der Waals surface area (Å²) in [6.45, 7) is 3.53. The minimum atomic E-state index is -0.251. The second kappa shape index (κ2) is 6.02. The van der Waals surface area contributed by atoms with Gasteiger partial charge in [-0.3, -0.25) is 0 Å². The molecule has 1 heteroatoms. The molecule has 0 N–H and O–H groups in total. The Balaban J connectivity index is 0.000000114. The molecule has 7 aliphatic rings. The first-order chi connectivity index (χ1) is 14.1. The first kappa shape index (κ1) is 15.8. The van der Waals surface area contributed by atoms with Gasteiger partial charge < -0.3 is 0 Å². The van der Waals surface area contributed by atoms with Crippen LogP contribution in [0, 0.1) is 58.2 Å². The fourth-order valence-corrected chi connectivity index (χ4v) is 13.2. The number of hydrogen-bond donors (Lipinski definition) is 0. The average Bonchev–Trinajstić information content (AvgIpc) is 3.48. The summed E-state index contributed by atoms with van der Waals surface area (Å²) >= 11 is -0.251. The number of fused-ring (bicyclic) bond motifs is 11. The molecule has 146 valence electrons. The van der Waals surface area contributed by atoms with E-state index in [2.05, 4.69) is 31.2 Å². The van der Waals surface area contributed by atoms with E-state index in [9.17, 15) is 0 Å². The lowest BCUT2D eigenvalue weighted by molar-refractivity contribution is -0.0380. The molecule has 1 saturated heterocycles. The van der Waals surface area contributed by atoms with E-state index in [1.165, 1.54) is 19.3 Å². The Hall–Kier alpha value is 0.0125. The van der Waals surface area contributed by atoms with Crippen molar-refractivity contribution >= 4 is 14.1 Å². The van der Waals surface area contributed by atoms with E-state index in [1.807, 2.05) is 0 Å². The SMILES string of the molecule is C[CH2][Al]1[CH2]CC2(CC3C4C=CC(C4)C32)[CH2]1.[2H]CCC1(C[2H])CC2C3C=CC(C3)C21. The van der Waals surface area contributed by atoms with Gasteiger partial charge in [0.05, 0.1) is 0 Å². The second-order valence-electron chi connectivity index (χ2n) is 11.7. The van der Waals surface area contributed by atoms with Gasteiger partial charge in [0.1, 0.15) is 0 Å². The van der Waals surface area contributed by atoms with Gasteiger partial charge in [-0.2, -0.15) is 0 Å². The molecule has 0 radical (unpaired) electrons. The highest BCUT2D eigenvalue weighted by atomic mass is 27.2. The fraction of sp³-hybridized carbons (Fsp3) is 0.846. The molecule has 1 heterocycles. The van der Waals surface area contributed by atoms with E-state index in [-0.39, 0.29) is 19.6 Å². The molecule has 10 unspecified atom stereocenters. The summed E-state index contributed by atoms with van der Waals surface area (Å²) in [6.07, 6.45) is 18.3. The van der Waals surface area contributed by atoms with Crippen molar-refractivity contribution in [2.45, 2.75) is 75.1 Å². The normalized spacial score (nSPS) is 58.3. The van der Waals surface area contributed by atoms with Crippen LogP contribution in [-0.4, -0.2) is 14.1 Å². The first-order valence-corrected chi connectivity index (χ1v) is 14.5. The van der Waals surface area contributed by atoms with E-state index < -0.39 is 0 Å². The van der Waals surface area contributed by atoms with Crippen LogP contribution in [0.3, 0.4) is 0 Å². The van der Waals surface area contributed by atoms with Gasteiger partial charge in [0.15, 0.2) is 0 Å². The van der Waals surface area contributed by atoms with Crippen molar-refractivity contribution in [2.24, 2.45) is 58.2 Å². The molecule has 1 spiro atoms. The summed E-state index contributed by atoms with van der Waals surface area (Å²) < 4.78 is 15.1. The van der Waals surface area contributed by atoms with Crippen LogP contribution in [0.25, 0.3) is 0 Å². The van der Waals surface area contributed by atoms with Crippen LogP contribution in [-0.2, 0) is 0 Å². The molecule has 0 aromatic rings. The number of allylic oxidation sites excluding steroid dienone is 4. The third kappa shape index (κ3) is 2.34. The van der Waals surface area contributed by atoms with Crippen LogP contribution in [0.2, 0.25) is 15.8 Å². The fourth-order valence-electron chi connectivity index (χ4n) is 9.49. The van der Waals surface area contributed by atoms with Gasteiger partial charge in [0.25, 0.3) is 14.1 Å². The summed E-state index contributed by atoms with van der Waals surface area (Å²) in [4.78, 5) is 0. The van der Waals surface area contributed by atoms with Crippen LogP contribution < -0.4 is 0 Å². The number of rotatable bonds is 2. The smallest absolute Gasteiger partial charge is 0.0967 e. The monoisotopic (exact) mass is 380 g/mol. The van der Waals surface area contributed by atoms with Gasteiger partial charge in [0.2, 0.25) is 0 Å². The molecular formula is C26H39Al. The van der Waals surface area contributed by atoms with Crippen molar-refractivity contribution in [1.29, 1.82) is 0 Å². The zero-order valence-electron chi connectivity index (χ0n) is 19.3. The lowest BCUT2D eigenvalue weighted by Gasteiger charge is -2.55. The van der Waals surface area contributed by atoms with E-state index in [0.29, 0.717) is 13.8 Å². The average molecular weight is 381 g/mol. The molecule has 5 fully saturated rings. The maximum Gasteiger partial charge on any atom is 0.262 e. The third-order valence-electron chi connectivity index (χ3n) is 10.8. The van der Waals surface area contributed by atoms with Crippen LogP contribution >= 0.6 is 0 Å². The van der Waals surface area contributed by atoms with E-state index in [1.54, 1.807) is 28.7 Å². The van der Waals surface area contributed by atoms with Crippen LogP contribution in [0.4, 0.5) is 0 Å². The standard InChI is InChI=1S/C12H18.C12H16.C2H5.Al/c2*1-3-12(2)7-10-8-4-5-9(6-8)11(10)12;1-2;/h4-5,8-11H,3,6-7H2,1-2H3;4-5,8-11H,1-3,6-7H2;1H2,2H3;/i1D,2D;;;. The molecule has 0 amide bonds. The molecule has 4 bridgehead atoms. The van der Waals surface area contributed by atoms with E-state index in [0.717, 1.165) is 59.2 Å². The Morgan fingerprint density at radius 3 is 2.26 bits per heavy atom. The van der Waals surface area contributed by atoms with Crippen molar-refractivity contribution in [3.63, 3.8) is 0 Å².